The fourth-order valence-electron chi connectivity index (χ4n) is 3.90. The number of nitrogens with one attached hydrogen (secondary N) is 1. The summed E-state index contributed by atoms with van der Waals surface area (Å²) in [5.74, 6) is 1.87. The summed E-state index contributed by atoms with van der Waals surface area (Å²) in [6.45, 7) is 4.09. The van der Waals surface area contributed by atoms with Crippen LogP contribution in [0, 0.1) is 0 Å². The van der Waals surface area contributed by atoms with Crippen LogP contribution in [0.3, 0.4) is 0 Å². The van der Waals surface area contributed by atoms with Crippen molar-refractivity contribution in [1.29, 1.82) is 0 Å². The van der Waals surface area contributed by atoms with Crippen molar-refractivity contribution in [2.75, 3.05) is 18.0 Å². The second-order valence-corrected chi connectivity index (χ2v) is 7.58. The number of rotatable bonds is 6. The second kappa shape index (κ2) is 8.46. The summed E-state index contributed by atoms with van der Waals surface area (Å²) in [5.41, 5.74) is 0.640. The molecule has 1 aromatic carbocycles. The molecule has 1 saturated heterocycles. The van der Waals surface area contributed by atoms with Crippen molar-refractivity contribution in [3.63, 3.8) is 0 Å². The Hall–Kier alpha value is -2.82. The summed E-state index contributed by atoms with van der Waals surface area (Å²) in [6, 6.07) is 12.0. The molecule has 5 nitrogen and oxygen atoms in total. The highest BCUT2D eigenvalue weighted by Gasteiger charge is 2.19. The molecule has 1 N–H and O–H groups in total. The predicted molar refractivity (Wildman–Crippen MR) is 112 cm³/mol. The number of piperidine rings is 1. The molecular formula is C23H27N3O2. The molecule has 0 saturated carbocycles. The van der Waals surface area contributed by atoms with Crippen LogP contribution in [-0.2, 0) is 6.42 Å². The summed E-state index contributed by atoms with van der Waals surface area (Å²) in [5, 5.41) is 5.14. The van der Waals surface area contributed by atoms with E-state index in [9.17, 15) is 4.79 Å². The predicted octanol–water partition coefficient (Wildman–Crippen LogP) is 4.57. The van der Waals surface area contributed by atoms with Crippen LogP contribution in [0.5, 0.6) is 0 Å². The number of hydrogen-bond donors (Lipinski definition) is 1. The summed E-state index contributed by atoms with van der Waals surface area (Å²) >= 11 is 0. The lowest BCUT2D eigenvalue weighted by molar-refractivity contribution is 0.0939. The van der Waals surface area contributed by atoms with Crippen LogP contribution in [0.25, 0.3) is 10.8 Å². The highest BCUT2D eigenvalue weighted by molar-refractivity contribution is 6.09. The van der Waals surface area contributed by atoms with Crippen molar-refractivity contribution in [2.24, 2.45) is 0 Å². The van der Waals surface area contributed by atoms with Crippen molar-refractivity contribution in [1.82, 2.24) is 10.3 Å². The lowest BCUT2D eigenvalue weighted by Crippen LogP contribution is -2.33. The molecule has 0 radical (unpaired) electrons. The largest absolute Gasteiger partial charge is 0.469 e. The van der Waals surface area contributed by atoms with Gasteiger partial charge in [0.25, 0.3) is 5.91 Å². The molecule has 1 unspecified atom stereocenters. The van der Waals surface area contributed by atoms with E-state index in [1.807, 2.05) is 37.3 Å². The minimum Gasteiger partial charge on any atom is -0.469 e. The molecule has 3 heterocycles. The maximum atomic E-state index is 12.9. The van der Waals surface area contributed by atoms with Crippen LogP contribution in [0.4, 0.5) is 5.82 Å². The first kappa shape index (κ1) is 18.5. The molecule has 2 aromatic heterocycles. The van der Waals surface area contributed by atoms with Crippen LogP contribution >= 0.6 is 0 Å². The van der Waals surface area contributed by atoms with Crippen molar-refractivity contribution in [3.05, 3.63) is 60.2 Å². The molecule has 1 atom stereocenters. The van der Waals surface area contributed by atoms with Crippen molar-refractivity contribution in [3.8, 4) is 0 Å². The number of pyridine rings is 1. The average Bonchev–Trinajstić information content (AvgIpc) is 3.26. The Morgan fingerprint density at radius 2 is 1.93 bits per heavy atom. The molecule has 5 heteroatoms. The van der Waals surface area contributed by atoms with Gasteiger partial charge in [-0.25, -0.2) is 4.98 Å². The monoisotopic (exact) mass is 377 g/mol. The van der Waals surface area contributed by atoms with Gasteiger partial charge in [0.05, 0.1) is 11.8 Å². The van der Waals surface area contributed by atoms with Gasteiger partial charge in [0, 0.05) is 37.1 Å². The summed E-state index contributed by atoms with van der Waals surface area (Å²) in [7, 11) is 0. The number of anilines is 1. The molecule has 28 heavy (non-hydrogen) atoms. The number of aryl methyl sites for hydroxylation is 1. The minimum atomic E-state index is -0.0687. The van der Waals surface area contributed by atoms with Gasteiger partial charge in [0.2, 0.25) is 0 Å². The standard InChI is InChI=1S/C23H27N3O2/c1-17(11-12-18-8-7-15-28-18)25-23(27)21-16-24-22(26-13-5-2-6-14-26)20-10-4-3-9-19(20)21/h3-4,7-10,15-17H,2,5-6,11-14H2,1H3,(H,25,27). The summed E-state index contributed by atoms with van der Waals surface area (Å²) in [4.78, 5) is 20.0. The topological polar surface area (TPSA) is 58.4 Å². The zero-order valence-electron chi connectivity index (χ0n) is 16.4. The lowest BCUT2D eigenvalue weighted by atomic mass is 10.0. The number of benzene rings is 1. The number of fused-ring (bicyclic) bond motifs is 1. The van der Waals surface area contributed by atoms with Gasteiger partial charge in [0.1, 0.15) is 11.6 Å². The number of hydrogen-bond acceptors (Lipinski definition) is 4. The molecule has 1 amide bonds. The van der Waals surface area contributed by atoms with Crippen LogP contribution in [0.15, 0.2) is 53.3 Å². The molecule has 3 aromatic rings. The Morgan fingerprint density at radius 1 is 1.14 bits per heavy atom. The third-order valence-electron chi connectivity index (χ3n) is 5.46. The van der Waals surface area contributed by atoms with Crippen LogP contribution in [0.1, 0.15) is 48.7 Å². The van der Waals surface area contributed by atoms with E-state index >= 15 is 0 Å². The first-order chi connectivity index (χ1) is 13.7. The SMILES string of the molecule is CC(CCc1ccco1)NC(=O)c1cnc(N2CCCCC2)c2ccccc12. The molecule has 1 fully saturated rings. The van der Waals surface area contributed by atoms with Gasteiger partial charge in [-0.05, 0) is 50.1 Å². The quantitative estimate of drug-likeness (QED) is 0.684. The number of nitrogens with zero attached hydrogens (tertiary/aromatic N) is 2. The molecule has 0 aliphatic carbocycles. The van der Waals surface area contributed by atoms with Crippen molar-refractivity contribution >= 4 is 22.5 Å². The van der Waals surface area contributed by atoms with Gasteiger partial charge in [-0.3, -0.25) is 4.79 Å². The van der Waals surface area contributed by atoms with Crippen molar-refractivity contribution in [2.45, 2.75) is 45.1 Å². The Bertz CT molecular complexity index is 930. The fraction of sp³-hybridized carbons (Fsp3) is 0.391. The first-order valence-corrected chi connectivity index (χ1v) is 10.2. The van der Waals surface area contributed by atoms with Gasteiger partial charge >= 0.3 is 0 Å². The third-order valence-corrected chi connectivity index (χ3v) is 5.46. The smallest absolute Gasteiger partial charge is 0.253 e. The normalized spacial score (nSPS) is 15.5. The third kappa shape index (κ3) is 4.03. The molecule has 1 aliphatic rings. The van der Waals surface area contributed by atoms with Gasteiger partial charge in [-0.1, -0.05) is 24.3 Å². The molecule has 146 valence electrons. The summed E-state index contributed by atoms with van der Waals surface area (Å²) < 4.78 is 5.37. The van der Waals surface area contributed by atoms with Gasteiger partial charge in [-0.15, -0.1) is 0 Å². The Labute approximate surface area is 165 Å². The molecule has 4 rings (SSSR count). The van der Waals surface area contributed by atoms with E-state index in [0.717, 1.165) is 48.3 Å². The van der Waals surface area contributed by atoms with E-state index in [2.05, 4.69) is 16.3 Å². The maximum absolute atomic E-state index is 12.9. The van der Waals surface area contributed by atoms with Gasteiger partial charge in [0.15, 0.2) is 0 Å². The Kier molecular flexibility index (Phi) is 5.60. The average molecular weight is 377 g/mol. The van der Waals surface area contributed by atoms with Crippen molar-refractivity contribution < 1.29 is 9.21 Å². The highest BCUT2D eigenvalue weighted by atomic mass is 16.3. The first-order valence-electron chi connectivity index (χ1n) is 10.2. The number of carbonyl (C=O) groups excluding carboxylic acids is 1. The Balaban J connectivity index is 1.52. The molecule has 0 spiro atoms. The summed E-state index contributed by atoms with van der Waals surface area (Å²) in [6.07, 6.45) is 8.74. The van der Waals surface area contributed by atoms with E-state index < -0.39 is 0 Å². The number of aromatic nitrogens is 1. The number of amides is 1. The lowest BCUT2D eigenvalue weighted by Gasteiger charge is -2.29. The molecular weight excluding hydrogens is 350 g/mol. The maximum Gasteiger partial charge on any atom is 0.253 e. The zero-order chi connectivity index (χ0) is 19.3. The van der Waals surface area contributed by atoms with E-state index in [0.29, 0.717) is 5.56 Å². The van der Waals surface area contributed by atoms with E-state index in [4.69, 9.17) is 9.40 Å². The van der Waals surface area contributed by atoms with Crippen LogP contribution in [-0.4, -0.2) is 30.0 Å². The second-order valence-electron chi connectivity index (χ2n) is 7.58. The van der Waals surface area contributed by atoms with E-state index in [1.54, 1.807) is 12.5 Å². The van der Waals surface area contributed by atoms with Crippen LogP contribution in [0.2, 0.25) is 0 Å². The van der Waals surface area contributed by atoms with Gasteiger partial charge in [-0.2, -0.15) is 0 Å². The fourth-order valence-corrected chi connectivity index (χ4v) is 3.90. The molecule has 1 aliphatic heterocycles. The van der Waals surface area contributed by atoms with Crippen LogP contribution < -0.4 is 10.2 Å². The zero-order valence-corrected chi connectivity index (χ0v) is 16.4. The minimum absolute atomic E-state index is 0.0538. The van der Waals surface area contributed by atoms with Gasteiger partial charge < -0.3 is 14.6 Å². The van der Waals surface area contributed by atoms with E-state index in [-0.39, 0.29) is 11.9 Å². The molecule has 0 bridgehead atoms. The number of furan rings is 1. The highest BCUT2D eigenvalue weighted by Crippen LogP contribution is 2.29. The van der Waals surface area contributed by atoms with E-state index in [1.165, 1.54) is 19.3 Å². The number of carbonyl (C=O) groups is 1. The Morgan fingerprint density at radius 3 is 2.68 bits per heavy atom.